The summed E-state index contributed by atoms with van der Waals surface area (Å²) in [6.07, 6.45) is 1.64. The standard InChI is InChI=1S/C24H22N6O5/c1-15(19-7-2-3-10-25-19)27-20-9-8-17(12-21(20)30(34)35)23(32)28-18-6-4-5-16(11-18)14-29-22(31)13-26-24(29)33/h2-12,15,27H,13-14H2,1H3,(H,26,33)(H,28,32). The molecular formula is C24H22N6O5. The van der Waals surface area contributed by atoms with E-state index in [9.17, 15) is 24.5 Å². The van der Waals surface area contributed by atoms with Crippen molar-refractivity contribution in [3.05, 3.63) is 93.8 Å². The number of aromatic nitrogens is 1. The molecule has 1 aromatic heterocycles. The lowest BCUT2D eigenvalue weighted by molar-refractivity contribution is -0.384. The predicted molar refractivity (Wildman–Crippen MR) is 128 cm³/mol. The maximum Gasteiger partial charge on any atom is 0.324 e. The molecule has 0 bridgehead atoms. The minimum Gasteiger partial charge on any atom is -0.371 e. The zero-order valence-corrected chi connectivity index (χ0v) is 18.7. The number of carbonyl (C=O) groups is 3. The summed E-state index contributed by atoms with van der Waals surface area (Å²) in [5.74, 6) is -0.868. The van der Waals surface area contributed by atoms with Crippen molar-refractivity contribution < 1.29 is 19.3 Å². The van der Waals surface area contributed by atoms with Gasteiger partial charge in [0.2, 0.25) is 5.91 Å². The highest BCUT2D eigenvalue weighted by molar-refractivity contribution is 6.05. The van der Waals surface area contributed by atoms with Crippen molar-refractivity contribution in [1.29, 1.82) is 0 Å². The van der Waals surface area contributed by atoms with Crippen LogP contribution in [-0.4, -0.2) is 39.2 Å². The molecule has 1 fully saturated rings. The molecule has 4 amide bonds. The van der Waals surface area contributed by atoms with Gasteiger partial charge in [-0.2, -0.15) is 0 Å². The molecule has 0 saturated carbocycles. The summed E-state index contributed by atoms with van der Waals surface area (Å²) in [7, 11) is 0. The Hall–Kier alpha value is -4.80. The fourth-order valence-corrected chi connectivity index (χ4v) is 3.63. The van der Waals surface area contributed by atoms with Gasteiger partial charge < -0.3 is 16.0 Å². The number of rotatable bonds is 8. The van der Waals surface area contributed by atoms with Crippen LogP contribution in [0.4, 0.5) is 21.9 Å². The van der Waals surface area contributed by atoms with E-state index in [-0.39, 0.29) is 42.0 Å². The quantitative estimate of drug-likeness (QED) is 0.257. The number of amides is 4. The van der Waals surface area contributed by atoms with Crippen LogP contribution in [-0.2, 0) is 11.3 Å². The Labute approximate surface area is 200 Å². The Balaban J connectivity index is 1.49. The van der Waals surface area contributed by atoms with Crippen LogP contribution in [0, 0.1) is 10.1 Å². The number of hydrogen-bond donors (Lipinski definition) is 3. The monoisotopic (exact) mass is 474 g/mol. The van der Waals surface area contributed by atoms with E-state index in [0.717, 1.165) is 10.6 Å². The number of pyridine rings is 1. The average Bonchev–Trinajstić information content (AvgIpc) is 3.17. The van der Waals surface area contributed by atoms with Gasteiger partial charge in [-0.25, -0.2) is 4.79 Å². The van der Waals surface area contributed by atoms with Crippen LogP contribution < -0.4 is 16.0 Å². The van der Waals surface area contributed by atoms with E-state index >= 15 is 0 Å². The molecule has 2 heterocycles. The van der Waals surface area contributed by atoms with E-state index in [1.54, 1.807) is 36.5 Å². The third-order valence-electron chi connectivity index (χ3n) is 5.42. The van der Waals surface area contributed by atoms with Crippen molar-refractivity contribution in [2.24, 2.45) is 0 Å². The highest BCUT2D eigenvalue weighted by Gasteiger charge is 2.28. The van der Waals surface area contributed by atoms with Crippen LogP contribution in [0.1, 0.15) is 34.6 Å². The van der Waals surface area contributed by atoms with Crippen molar-refractivity contribution in [2.45, 2.75) is 19.5 Å². The van der Waals surface area contributed by atoms with E-state index in [1.807, 2.05) is 19.1 Å². The smallest absolute Gasteiger partial charge is 0.324 e. The largest absolute Gasteiger partial charge is 0.371 e. The molecule has 0 radical (unpaired) electrons. The molecule has 11 heteroatoms. The third-order valence-corrected chi connectivity index (χ3v) is 5.42. The Morgan fingerprint density at radius 1 is 1.17 bits per heavy atom. The van der Waals surface area contributed by atoms with Crippen molar-refractivity contribution in [3.8, 4) is 0 Å². The summed E-state index contributed by atoms with van der Waals surface area (Å²) in [4.78, 5) is 52.8. The molecule has 2 aromatic carbocycles. The first-order chi connectivity index (χ1) is 16.8. The number of nitrogens with one attached hydrogen (secondary N) is 3. The van der Waals surface area contributed by atoms with Gasteiger partial charge in [-0.05, 0) is 48.9 Å². The van der Waals surface area contributed by atoms with E-state index in [4.69, 9.17) is 0 Å². The van der Waals surface area contributed by atoms with Crippen molar-refractivity contribution >= 4 is 34.9 Å². The van der Waals surface area contributed by atoms with Gasteiger partial charge in [0.05, 0.1) is 29.7 Å². The van der Waals surface area contributed by atoms with Crippen molar-refractivity contribution in [2.75, 3.05) is 17.2 Å². The molecule has 0 spiro atoms. The Bertz CT molecular complexity index is 1280. The van der Waals surface area contributed by atoms with E-state index in [0.29, 0.717) is 11.3 Å². The summed E-state index contributed by atoms with van der Waals surface area (Å²) < 4.78 is 0. The zero-order chi connectivity index (χ0) is 24.9. The summed E-state index contributed by atoms with van der Waals surface area (Å²) in [6.45, 7) is 1.85. The second-order valence-electron chi connectivity index (χ2n) is 7.90. The lowest BCUT2D eigenvalue weighted by Crippen LogP contribution is -2.30. The topological polar surface area (TPSA) is 147 Å². The van der Waals surface area contributed by atoms with Crippen LogP contribution in [0.3, 0.4) is 0 Å². The lowest BCUT2D eigenvalue weighted by Gasteiger charge is -2.15. The molecular weight excluding hydrogens is 452 g/mol. The number of nitro benzene ring substituents is 1. The number of carbonyl (C=O) groups excluding carboxylic acids is 3. The molecule has 1 unspecified atom stereocenters. The summed E-state index contributed by atoms with van der Waals surface area (Å²) in [6, 6.07) is 15.5. The summed E-state index contributed by atoms with van der Waals surface area (Å²) in [5, 5.41) is 19.9. The first kappa shape index (κ1) is 23.4. The molecule has 0 aliphatic carbocycles. The molecule has 1 atom stereocenters. The number of benzene rings is 2. The van der Waals surface area contributed by atoms with Gasteiger partial charge in [0.25, 0.3) is 11.6 Å². The number of nitro groups is 1. The van der Waals surface area contributed by atoms with Crippen LogP contribution in [0.2, 0.25) is 0 Å². The van der Waals surface area contributed by atoms with Crippen molar-refractivity contribution in [3.63, 3.8) is 0 Å². The molecule has 35 heavy (non-hydrogen) atoms. The number of urea groups is 1. The minimum atomic E-state index is -0.553. The van der Waals surface area contributed by atoms with Crippen molar-refractivity contribution in [1.82, 2.24) is 15.2 Å². The van der Waals surface area contributed by atoms with Crippen LogP contribution in [0.15, 0.2) is 66.9 Å². The van der Waals surface area contributed by atoms with E-state index < -0.39 is 16.9 Å². The predicted octanol–water partition coefficient (Wildman–Crippen LogP) is 3.47. The number of anilines is 2. The molecule has 3 aromatic rings. The van der Waals surface area contributed by atoms with E-state index in [2.05, 4.69) is 20.9 Å². The van der Waals surface area contributed by atoms with Gasteiger partial charge in [0.1, 0.15) is 5.69 Å². The van der Waals surface area contributed by atoms with Crippen LogP contribution in [0.25, 0.3) is 0 Å². The maximum atomic E-state index is 12.8. The summed E-state index contributed by atoms with van der Waals surface area (Å²) in [5.41, 5.74) is 1.91. The molecule has 178 valence electrons. The minimum absolute atomic E-state index is 0.0421. The second-order valence-corrected chi connectivity index (χ2v) is 7.90. The molecule has 11 nitrogen and oxygen atoms in total. The molecule has 1 saturated heterocycles. The molecule has 4 rings (SSSR count). The fraction of sp³-hybridized carbons (Fsp3) is 0.167. The van der Waals surface area contributed by atoms with Gasteiger partial charge in [-0.15, -0.1) is 0 Å². The van der Waals surface area contributed by atoms with Crippen LogP contribution in [0.5, 0.6) is 0 Å². The highest BCUT2D eigenvalue weighted by Crippen LogP contribution is 2.29. The Morgan fingerprint density at radius 2 is 2.00 bits per heavy atom. The maximum absolute atomic E-state index is 12.8. The van der Waals surface area contributed by atoms with Gasteiger partial charge in [-0.3, -0.25) is 29.6 Å². The lowest BCUT2D eigenvalue weighted by atomic mass is 10.1. The van der Waals surface area contributed by atoms with E-state index in [1.165, 1.54) is 18.2 Å². The SMILES string of the molecule is CC(Nc1ccc(C(=O)Nc2cccc(CN3C(=O)CNC3=O)c2)cc1[N+](=O)[O-])c1ccccn1. The molecule has 1 aliphatic rings. The summed E-state index contributed by atoms with van der Waals surface area (Å²) >= 11 is 0. The molecule has 1 aliphatic heterocycles. The number of hydrogen-bond acceptors (Lipinski definition) is 7. The first-order valence-electron chi connectivity index (χ1n) is 10.8. The fourth-order valence-electron chi connectivity index (χ4n) is 3.63. The van der Waals surface area contributed by atoms with Gasteiger partial charge in [0.15, 0.2) is 0 Å². The first-order valence-corrected chi connectivity index (χ1v) is 10.8. The zero-order valence-electron chi connectivity index (χ0n) is 18.7. The number of nitrogens with zero attached hydrogens (tertiary/aromatic N) is 3. The highest BCUT2D eigenvalue weighted by atomic mass is 16.6. The average molecular weight is 474 g/mol. The normalized spacial score (nSPS) is 13.8. The Kier molecular flexibility index (Phi) is 6.67. The second kappa shape index (κ2) is 10.00. The Morgan fingerprint density at radius 3 is 2.69 bits per heavy atom. The van der Waals surface area contributed by atoms with Gasteiger partial charge in [0, 0.05) is 23.5 Å². The van der Waals surface area contributed by atoms with Gasteiger partial charge in [-0.1, -0.05) is 18.2 Å². The van der Waals surface area contributed by atoms with Crippen LogP contribution >= 0.6 is 0 Å². The number of imide groups is 1. The third kappa shape index (κ3) is 5.41. The van der Waals surface area contributed by atoms with Gasteiger partial charge >= 0.3 is 6.03 Å². The molecule has 3 N–H and O–H groups in total.